The van der Waals surface area contributed by atoms with E-state index in [9.17, 15) is 5.11 Å². The Hall–Kier alpha value is -1.39. The summed E-state index contributed by atoms with van der Waals surface area (Å²) in [5.41, 5.74) is 0.694. The minimum Gasteiger partial charge on any atom is -0.387 e. The zero-order valence-corrected chi connectivity index (χ0v) is 9.69. The Morgan fingerprint density at radius 1 is 1.12 bits per heavy atom. The third-order valence-electron chi connectivity index (χ3n) is 2.07. The van der Waals surface area contributed by atoms with Crippen molar-refractivity contribution in [2.75, 3.05) is 0 Å². The topological polar surface area (TPSA) is 46.0 Å². The molecule has 16 heavy (non-hydrogen) atoms. The van der Waals surface area contributed by atoms with Gasteiger partial charge in [0.05, 0.1) is 11.8 Å². The van der Waals surface area contributed by atoms with Gasteiger partial charge in [-0.05, 0) is 31.2 Å². The van der Waals surface area contributed by atoms with Gasteiger partial charge in [-0.25, -0.2) is 0 Å². The fourth-order valence-corrected chi connectivity index (χ4v) is 2.01. The van der Waals surface area contributed by atoms with E-state index in [1.165, 1.54) is 0 Å². The maximum absolute atomic E-state index is 9.33. The average molecular weight is 232 g/mol. The number of pyridine rings is 2. The summed E-state index contributed by atoms with van der Waals surface area (Å²) in [6.07, 6.45) is 4.78. The van der Waals surface area contributed by atoms with Crippen LogP contribution in [0.2, 0.25) is 0 Å². The van der Waals surface area contributed by atoms with Gasteiger partial charge >= 0.3 is 0 Å². The number of aliphatic hydroxyl groups excluding tert-OH is 1. The summed E-state index contributed by atoms with van der Waals surface area (Å²) < 4.78 is 0. The van der Waals surface area contributed by atoms with Crippen molar-refractivity contribution in [1.82, 2.24) is 9.97 Å². The van der Waals surface area contributed by atoms with Gasteiger partial charge in [-0.15, -0.1) is 0 Å². The van der Waals surface area contributed by atoms with Gasteiger partial charge in [0.15, 0.2) is 0 Å². The normalized spacial score (nSPS) is 12.4. The molecule has 4 heteroatoms. The summed E-state index contributed by atoms with van der Waals surface area (Å²) >= 11 is 1.62. The summed E-state index contributed by atoms with van der Waals surface area (Å²) in [6.45, 7) is 1.71. The molecule has 3 nitrogen and oxygen atoms in total. The van der Waals surface area contributed by atoms with Crippen molar-refractivity contribution in [3.05, 3.63) is 48.5 Å². The molecular formula is C12H12N2OS. The standard InChI is InChI=1S/C12H12N2OS/c1-9(15)12-3-2-11(8-14-12)16-10-4-6-13-7-5-10/h2-9,15H,1H3/t9-/m1/s1. The zero-order valence-electron chi connectivity index (χ0n) is 8.87. The van der Waals surface area contributed by atoms with Crippen LogP contribution in [0.3, 0.4) is 0 Å². The molecule has 0 unspecified atom stereocenters. The predicted octanol–water partition coefficient (Wildman–Crippen LogP) is 2.68. The highest BCUT2D eigenvalue weighted by molar-refractivity contribution is 7.99. The van der Waals surface area contributed by atoms with Crippen molar-refractivity contribution in [2.45, 2.75) is 22.8 Å². The van der Waals surface area contributed by atoms with Crippen molar-refractivity contribution < 1.29 is 5.11 Å². The van der Waals surface area contributed by atoms with Crippen LogP contribution in [0.5, 0.6) is 0 Å². The van der Waals surface area contributed by atoms with Crippen LogP contribution in [0, 0.1) is 0 Å². The molecule has 0 saturated heterocycles. The van der Waals surface area contributed by atoms with Gasteiger partial charge in [0.2, 0.25) is 0 Å². The van der Waals surface area contributed by atoms with E-state index in [1.54, 1.807) is 37.3 Å². The van der Waals surface area contributed by atoms with Crippen molar-refractivity contribution in [3.8, 4) is 0 Å². The summed E-state index contributed by atoms with van der Waals surface area (Å²) in [5.74, 6) is 0. The lowest BCUT2D eigenvalue weighted by Gasteiger charge is -2.04. The highest BCUT2D eigenvalue weighted by atomic mass is 32.2. The van der Waals surface area contributed by atoms with Crippen LogP contribution in [0.25, 0.3) is 0 Å². The number of rotatable bonds is 3. The third kappa shape index (κ3) is 2.81. The molecule has 0 saturated carbocycles. The molecular weight excluding hydrogens is 220 g/mol. The third-order valence-corrected chi connectivity index (χ3v) is 3.06. The van der Waals surface area contributed by atoms with E-state index in [-0.39, 0.29) is 0 Å². The Labute approximate surface area is 98.6 Å². The van der Waals surface area contributed by atoms with E-state index >= 15 is 0 Å². The lowest BCUT2D eigenvalue weighted by Crippen LogP contribution is -1.94. The first-order valence-electron chi connectivity index (χ1n) is 4.97. The molecule has 0 spiro atoms. The Bertz CT molecular complexity index is 442. The molecule has 0 fully saturated rings. The molecule has 0 bridgehead atoms. The van der Waals surface area contributed by atoms with Crippen molar-refractivity contribution in [2.24, 2.45) is 0 Å². The number of hydrogen-bond donors (Lipinski definition) is 1. The van der Waals surface area contributed by atoms with E-state index in [0.717, 1.165) is 9.79 Å². The van der Waals surface area contributed by atoms with Crippen LogP contribution in [0.15, 0.2) is 52.6 Å². The molecule has 2 heterocycles. The molecule has 0 aromatic carbocycles. The van der Waals surface area contributed by atoms with Crippen LogP contribution in [-0.4, -0.2) is 15.1 Å². The number of hydrogen-bond acceptors (Lipinski definition) is 4. The van der Waals surface area contributed by atoms with Gasteiger partial charge in [-0.1, -0.05) is 11.8 Å². The summed E-state index contributed by atoms with van der Waals surface area (Å²) in [4.78, 5) is 10.3. The first-order valence-corrected chi connectivity index (χ1v) is 5.79. The van der Waals surface area contributed by atoms with E-state index < -0.39 is 6.10 Å². The number of aliphatic hydroxyl groups is 1. The Morgan fingerprint density at radius 3 is 2.44 bits per heavy atom. The largest absolute Gasteiger partial charge is 0.387 e. The minimum absolute atomic E-state index is 0.514. The first-order chi connectivity index (χ1) is 7.75. The Balaban J connectivity index is 2.11. The van der Waals surface area contributed by atoms with Gasteiger partial charge in [0.25, 0.3) is 0 Å². The fraction of sp³-hybridized carbons (Fsp3) is 0.167. The molecule has 0 amide bonds. The fourth-order valence-electron chi connectivity index (χ4n) is 1.24. The molecule has 0 aliphatic rings. The molecule has 0 aliphatic heterocycles. The van der Waals surface area contributed by atoms with E-state index in [2.05, 4.69) is 9.97 Å². The number of nitrogens with zero attached hydrogens (tertiary/aromatic N) is 2. The van der Waals surface area contributed by atoms with Crippen molar-refractivity contribution in [3.63, 3.8) is 0 Å². The molecule has 1 N–H and O–H groups in total. The van der Waals surface area contributed by atoms with Gasteiger partial charge in [-0.2, -0.15) is 0 Å². The smallest absolute Gasteiger partial charge is 0.0931 e. The molecule has 0 aliphatic carbocycles. The Morgan fingerprint density at radius 2 is 1.88 bits per heavy atom. The van der Waals surface area contributed by atoms with Gasteiger partial charge in [0.1, 0.15) is 0 Å². The zero-order chi connectivity index (χ0) is 11.4. The summed E-state index contributed by atoms with van der Waals surface area (Å²) in [6, 6.07) is 7.70. The second-order valence-electron chi connectivity index (χ2n) is 3.38. The lowest BCUT2D eigenvalue weighted by molar-refractivity contribution is 0.194. The van der Waals surface area contributed by atoms with Crippen LogP contribution in [0.4, 0.5) is 0 Å². The van der Waals surface area contributed by atoms with Gasteiger partial charge in [-0.3, -0.25) is 9.97 Å². The minimum atomic E-state index is -0.514. The molecule has 82 valence electrons. The molecule has 2 aromatic heterocycles. The van der Waals surface area contributed by atoms with Crippen LogP contribution in [0.1, 0.15) is 18.7 Å². The van der Waals surface area contributed by atoms with Crippen molar-refractivity contribution >= 4 is 11.8 Å². The quantitative estimate of drug-likeness (QED) is 0.883. The monoisotopic (exact) mass is 232 g/mol. The molecule has 2 aromatic rings. The van der Waals surface area contributed by atoms with E-state index in [1.807, 2.05) is 24.3 Å². The maximum atomic E-state index is 9.33. The lowest BCUT2D eigenvalue weighted by atomic mass is 10.2. The van der Waals surface area contributed by atoms with E-state index in [4.69, 9.17) is 0 Å². The first kappa shape index (κ1) is 11.1. The van der Waals surface area contributed by atoms with Crippen LogP contribution < -0.4 is 0 Å². The van der Waals surface area contributed by atoms with Crippen molar-refractivity contribution in [1.29, 1.82) is 0 Å². The summed E-state index contributed by atoms with van der Waals surface area (Å²) in [5, 5.41) is 9.33. The molecule has 1 atom stereocenters. The molecule has 0 radical (unpaired) electrons. The summed E-state index contributed by atoms with van der Waals surface area (Å²) in [7, 11) is 0. The van der Waals surface area contributed by atoms with Crippen LogP contribution in [-0.2, 0) is 0 Å². The van der Waals surface area contributed by atoms with Crippen LogP contribution >= 0.6 is 11.8 Å². The predicted molar refractivity (Wildman–Crippen MR) is 63.2 cm³/mol. The second-order valence-corrected chi connectivity index (χ2v) is 4.53. The maximum Gasteiger partial charge on any atom is 0.0931 e. The van der Waals surface area contributed by atoms with E-state index in [0.29, 0.717) is 5.69 Å². The highest BCUT2D eigenvalue weighted by Gasteiger charge is 2.02. The average Bonchev–Trinajstić information content (AvgIpc) is 2.31. The second kappa shape index (κ2) is 5.09. The Kier molecular flexibility index (Phi) is 3.54. The number of aromatic nitrogens is 2. The highest BCUT2D eigenvalue weighted by Crippen LogP contribution is 2.26. The van der Waals surface area contributed by atoms with Gasteiger partial charge in [0, 0.05) is 28.4 Å². The van der Waals surface area contributed by atoms with Gasteiger partial charge < -0.3 is 5.11 Å². The SMILES string of the molecule is C[C@@H](O)c1ccc(Sc2ccncc2)cn1. The molecule has 2 rings (SSSR count).